The Bertz CT molecular complexity index is 603. The smallest absolute Gasteiger partial charge is 0.226 e. The van der Waals surface area contributed by atoms with Gasteiger partial charge < -0.3 is 4.52 Å². The number of likely N-dealkylation sites (tertiary alicyclic amines) is 1. The van der Waals surface area contributed by atoms with Crippen LogP contribution in [0.1, 0.15) is 44.0 Å². The SMILES string of the molecule is Cc1cnn(C[C@@H]2CCCN2Cc2noc(CC(C)C)n2)c1. The van der Waals surface area contributed by atoms with Crippen molar-refractivity contribution in [2.24, 2.45) is 5.92 Å². The molecule has 3 rings (SSSR count). The van der Waals surface area contributed by atoms with Gasteiger partial charge in [0.25, 0.3) is 0 Å². The molecule has 0 saturated carbocycles. The predicted molar refractivity (Wildman–Crippen MR) is 83.2 cm³/mol. The monoisotopic (exact) mass is 303 g/mol. The topological polar surface area (TPSA) is 60.0 Å². The van der Waals surface area contributed by atoms with Gasteiger partial charge in [0.15, 0.2) is 5.82 Å². The number of rotatable bonds is 6. The summed E-state index contributed by atoms with van der Waals surface area (Å²) in [5.41, 5.74) is 1.21. The van der Waals surface area contributed by atoms with E-state index in [9.17, 15) is 0 Å². The first-order valence-electron chi connectivity index (χ1n) is 8.14. The Morgan fingerprint density at radius 2 is 2.27 bits per heavy atom. The average Bonchev–Trinajstić information content (AvgIpc) is 3.15. The van der Waals surface area contributed by atoms with E-state index in [1.807, 2.05) is 10.9 Å². The highest BCUT2D eigenvalue weighted by molar-refractivity contribution is 5.00. The lowest BCUT2D eigenvalue weighted by Crippen LogP contribution is -2.33. The Morgan fingerprint density at radius 1 is 1.41 bits per heavy atom. The van der Waals surface area contributed by atoms with E-state index >= 15 is 0 Å². The molecule has 0 spiro atoms. The molecule has 0 amide bonds. The van der Waals surface area contributed by atoms with Crippen LogP contribution in [0.2, 0.25) is 0 Å². The van der Waals surface area contributed by atoms with Crippen LogP contribution in [-0.4, -0.2) is 37.4 Å². The lowest BCUT2D eigenvalue weighted by molar-refractivity contribution is 0.211. The molecule has 0 bridgehead atoms. The van der Waals surface area contributed by atoms with E-state index in [1.54, 1.807) is 0 Å². The van der Waals surface area contributed by atoms with Gasteiger partial charge in [-0.15, -0.1) is 0 Å². The number of hydrogen-bond acceptors (Lipinski definition) is 5. The summed E-state index contributed by atoms with van der Waals surface area (Å²) in [5.74, 6) is 2.10. The lowest BCUT2D eigenvalue weighted by atomic mass is 10.1. The fraction of sp³-hybridized carbons (Fsp3) is 0.688. The Labute approximate surface area is 131 Å². The van der Waals surface area contributed by atoms with E-state index in [-0.39, 0.29) is 0 Å². The fourth-order valence-electron chi connectivity index (χ4n) is 3.06. The molecule has 120 valence electrons. The minimum atomic E-state index is 0.506. The molecule has 0 aliphatic carbocycles. The van der Waals surface area contributed by atoms with Crippen LogP contribution in [0.5, 0.6) is 0 Å². The van der Waals surface area contributed by atoms with Crippen molar-refractivity contribution in [2.45, 2.75) is 59.2 Å². The van der Waals surface area contributed by atoms with Crippen molar-refractivity contribution in [3.05, 3.63) is 29.7 Å². The van der Waals surface area contributed by atoms with Gasteiger partial charge in [0, 0.05) is 18.7 Å². The van der Waals surface area contributed by atoms with E-state index < -0.39 is 0 Å². The first-order valence-corrected chi connectivity index (χ1v) is 8.14. The zero-order valence-corrected chi connectivity index (χ0v) is 13.7. The van der Waals surface area contributed by atoms with Crippen LogP contribution in [-0.2, 0) is 19.5 Å². The summed E-state index contributed by atoms with van der Waals surface area (Å²) in [5, 5.41) is 8.53. The van der Waals surface area contributed by atoms with Crippen molar-refractivity contribution in [1.29, 1.82) is 0 Å². The molecule has 1 saturated heterocycles. The molecular weight excluding hydrogens is 278 g/mol. The Morgan fingerprint density at radius 3 is 3.00 bits per heavy atom. The second-order valence-corrected chi connectivity index (χ2v) is 6.71. The van der Waals surface area contributed by atoms with Crippen molar-refractivity contribution in [2.75, 3.05) is 6.54 Å². The van der Waals surface area contributed by atoms with Gasteiger partial charge in [-0.25, -0.2) is 0 Å². The van der Waals surface area contributed by atoms with E-state index in [1.165, 1.54) is 18.4 Å². The summed E-state index contributed by atoms with van der Waals surface area (Å²) < 4.78 is 7.38. The van der Waals surface area contributed by atoms with E-state index in [0.717, 1.165) is 37.8 Å². The third-order valence-corrected chi connectivity index (χ3v) is 4.10. The fourth-order valence-corrected chi connectivity index (χ4v) is 3.06. The third kappa shape index (κ3) is 3.74. The lowest BCUT2D eigenvalue weighted by Gasteiger charge is -2.22. The highest BCUT2D eigenvalue weighted by atomic mass is 16.5. The maximum Gasteiger partial charge on any atom is 0.226 e. The van der Waals surface area contributed by atoms with Gasteiger partial charge in [0.1, 0.15) is 0 Å². The minimum Gasteiger partial charge on any atom is -0.339 e. The predicted octanol–water partition coefficient (Wildman–Crippen LogP) is 2.44. The van der Waals surface area contributed by atoms with Crippen LogP contribution in [0, 0.1) is 12.8 Å². The summed E-state index contributed by atoms with van der Waals surface area (Å²) in [6.07, 6.45) is 7.29. The second kappa shape index (κ2) is 6.60. The van der Waals surface area contributed by atoms with Gasteiger partial charge in [0.05, 0.1) is 19.3 Å². The maximum absolute atomic E-state index is 5.34. The van der Waals surface area contributed by atoms with Crippen molar-refractivity contribution >= 4 is 0 Å². The van der Waals surface area contributed by atoms with Gasteiger partial charge in [-0.05, 0) is 37.8 Å². The summed E-state index contributed by atoms with van der Waals surface area (Å²) >= 11 is 0. The van der Waals surface area contributed by atoms with Crippen molar-refractivity contribution in [3.63, 3.8) is 0 Å². The molecule has 0 radical (unpaired) electrons. The first-order chi connectivity index (χ1) is 10.6. The molecule has 1 atom stereocenters. The maximum atomic E-state index is 5.34. The highest BCUT2D eigenvalue weighted by Gasteiger charge is 2.26. The van der Waals surface area contributed by atoms with Crippen LogP contribution in [0.25, 0.3) is 0 Å². The van der Waals surface area contributed by atoms with E-state index in [2.05, 4.69) is 47.1 Å². The normalized spacial score (nSPS) is 19.4. The first kappa shape index (κ1) is 15.2. The zero-order valence-electron chi connectivity index (χ0n) is 13.7. The number of aryl methyl sites for hydroxylation is 1. The standard InChI is InChI=1S/C16H25N5O/c1-12(2)7-16-18-15(19-22-16)11-20-6-4-5-14(20)10-21-9-13(3)8-17-21/h8-9,12,14H,4-7,10-11H2,1-3H3/t14-/m0/s1. The number of nitrogens with zero attached hydrogens (tertiary/aromatic N) is 5. The molecule has 0 N–H and O–H groups in total. The minimum absolute atomic E-state index is 0.506. The van der Waals surface area contributed by atoms with Crippen LogP contribution >= 0.6 is 0 Å². The van der Waals surface area contributed by atoms with Crippen LogP contribution in [0.4, 0.5) is 0 Å². The highest BCUT2D eigenvalue weighted by Crippen LogP contribution is 2.21. The molecule has 0 aromatic carbocycles. The molecule has 2 aromatic heterocycles. The summed E-state index contributed by atoms with van der Waals surface area (Å²) in [6, 6.07) is 0.506. The largest absolute Gasteiger partial charge is 0.339 e. The summed E-state index contributed by atoms with van der Waals surface area (Å²) in [4.78, 5) is 6.96. The van der Waals surface area contributed by atoms with E-state index in [0.29, 0.717) is 12.0 Å². The number of aromatic nitrogens is 4. The molecule has 0 unspecified atom stereocenters. The second-order valence-electron chi connectivity index (χ2n) is 6.71. The van der Waals surface area contributed by atoms with Crippen LogP contribution < -0.4 is 0 Å². The zero-order chi connectivity index (χ0) is 15.5. The van der Waals surface area contributed by atoms with Crippen molar-refractivity contribution < 1.29 is 4.52 Å². The van der Waals surface area contributed by atoms with Crippen molar-refractivity contribution in [3.8, 4) is 0 Å². The van der Waals surface area contributed by atoms with Gasteiger partial charge in [-0.1, -0.05) is 19.0 Å². The van der Waals surface area contributed by atoms with Gasteiger partial charge in [0.2, 0.25) is 5.89 Å². The number of hydrogen-bond donors (Lipinski definition) is 0. The Balaban J connectivity index is 1.59. The third-order valence-electron chi connectivity index (χ3n) is 4.10. The molecular formula is C16H25N5O. The molecule has 3 heterocycles. The van der Waals surface area contributed by atoms with Crippen LogP contribution in [0.15, 0.2) is 16.9 Å². The Hall–Kier alpha value is -1.69. The average molecular weight is 303 g/mol. The molecule has 6 heteroatoms. The quantitative estimate of drug-likeness (QED) is 0.820. The summed E-state index contributed by atoms with van der Waals surface area (Å²) in [7, 11) is 0. The Kier molecular flexibility index (Phi) is 4.57. The van der Waals surface area contributed by atoms with Gasteiger partial charge >= 0.3 is 0 Å². The molecule has 6 nitrogen and oxygen atoms in total. The molecule has 1 aliphatic heterocycles. The van der Waals surface area contributed by atoms with Crippen molar-refractivity contribution in [1.82, 2.24) is 24.8 Å². The van der Waals surface area contributed by atoms with Gasteiger partial charge in [-0.3, -0.25) is 9.58 Å². The van der Waals surface area contributed by atoms with Crippen LogP contribution in [0.3, 0.4) is 0 Å². The van der Waals surface area contributed by atoms with E-state index in [4.69, 9.17) is 4.52 Å². The molecule has 22 heavy (non-hydrogen) atoms. The molecule has 1 fully saturated rings. The molecule has 2 aromatic rings. The molecule has 1 aliphatic rings. The summed E-state index contributed by atoms with van der Waals surface area (Å²) in [6.45, 7) is 9.19. The van der Waals surface area contributed by atoms with Gasteiger partial charge in [-0.2, -0.15) is 10.1 Å².